The molecule has 0 unspecified atom stereocenters. The van der Waals surface area contributed by atoms with E-state index in [4.69, 9.17) is 5.73 Å². The lowest BCUT2D eigenvalue weighted by molar-refractivity contribution is 0.854. The van der Waals surface area contributed by atoms with E-state index in [1.54, 1.807) is 0 Å². The molecule has 0 fully saturated rings. The summed E-state index contributed by atoms with van der Waals surface area (Å²) < 4.78 is 0. The zero-order valence-corrected chi connectivity index (χ0v) is 11.5. The minimum atomic E-state index is 0.554. The summed E-state index contributed by atoms with van der Waals surface area (Å²) in [6.07, 6.45) is 2.12. The molecule has 0 bridgehead atoms. The normalized spacial score (nSPS) is 10.4. The molecule has 2 rings (SSSR count). The summed E-state index contributed by atoms with van der Waals surface area (Å²) in [5.41, 5.74) is 8.11. The van der Waals surface area contributed by atoms with Gasteiger partial charge in [0.25, 0.3) is 0 Å². The van der Waals surface area contributed by atoms with Crippen molar-refractivity contribution in [3.8, 4) is 0 Å². The van der Waals surface area contributed by atoms with Gasteiger partial charge in [-0.2, -0.15) is 0 Å². The molecule has 0 aliphatic carbocycles. The standard InChI is InChI=1S/C15H20N4/c1-11-14(16)18-12(2)19-15(11)17-10-6-9-13-7-4-3-5-8-13/h3-5,7-8H,6,9-10H2,1-2H3,(H3,16,17,18,19). The van der Waals surface area contributed by atoms with Gasteiger partial charge in [0.1, 0.15) is 17.5 Å². The molecular formula is C15H20N4. The number of nitrogen functional groups attached to an aromatic ring is 1. The van der Waals surface area contributed by atoms with Crippen LogP contribution in [0.2, 0.25) is 0 Å². The maximum atomic E-state index is 5.83. The van der Waals surface area contributed by atoms with E-state index in [1.807, 2.05) is 19.9 Å². The van der Waals surface area contributed by atoms with E-state index in [2.05, 4.69) is 39.6 Å². The fraction of sp³-hybridized carbons (Fsp3) is 0.333. The van der Waals surface area contributed by atoms with Crippen molar-refractivity contribution in [2.24, 2.45) is 0 Å². The van der Waals surface area contributed by atoms with Gasteiger partial charge >= 0.3 is 0 Å². The van der Waals surface area contributed by atoms with Gasteiger partial charge in [-0.1, -0.05) is 30.3 Å². The molecule has 0 radical (unpaired) electrons. The number of benzene rings is 1. The van der Waals surface area contributed by atoms with Crippen LogP contribution in [0.4, 0.5) is 11.6 Å². The molecule has 0 spiro atoms. The summed E-state index contributed by atoms with van der Waals surface area (Å²) >= 11 is 0. The van der Waals surface area contributed by atoms with E-state index in [0.29, 0.717) is 11.6 Å². The second-order valence-corrected chi connectivity index (χ2v) is 4.65. The molecule has 0 aliphatic heterocycles. The van der Waals surface area contributed by atoms with Gasteiger partial charge in [-0.3, -0.25) is 0 Å². The number of anilines is 2. The third kappa shape index (κ3) is 3.68. The molecule has 19 heavy (non-hydrogen) atoms. The summed E-state index contributed by atoms with van der Waals surface area (Å²) in [6, 6.07) is 10.5. The first-order valence-electron chi connectivity index (χ1n) is 6.55. The minimum Gasteiger partial charge on any atom is -0.383 e. The minimum absolute atomic E-state index is 0.554. The van der Waals surface area contributed by atoms with Gasteiger partial charge < -0.3 is 11.1 Å². The maximum absolute atomic E-state index is 5.83. The SMILES string of the molecule is Cc1nc(N)c(C)c(NCCCc2ccccc2)n1. The first-order chi connectivity index (χ1) is 9.16. The van der Waals surface area contributed by atoms with Crippen molar-refractivity contribution in [1.29, 1.82) is 0 Å². The van der Waals surface area contributed by atoms with Crippen molar-refractivity contribution in [3.63, 3.8) is 0 Å². The Morgan fingerprint density at radius 1 is 1.11 bits per heavy atom. The van der Waals surface area contributed by atoms with Crippen LogP contribution in [0.5, 0.6) is 0 Å². The highest BCUT2D eigenvalue weighted by atomic mass is 15.0. The number of rotatable bonds is 5. The highest BCUT2D eigenvalue weighted by Gasteiger charge is 2.05. The third-order valence-electron chi connectivity index (χ3n) is 3.07. The van der Waals surface area contributed by atoms with Crippen molar-refractivity contribution in [2.75, 3.05) is 17.6 Å². The largest absolute Gasteiger partial charge is 0.383 e. The van der Waals surface area contributed by atoms with Crippen LogP contribution in [0.15, 0.2) is 30.3 Å². The molecule has 2 aromatic rings. The zero-order valence-electron chi connectivity index (χ0n) is 11.5. The lowest BCUT2D eigenvalue weighted by atomic mass is 10.1. The van der Waals surface area contributed by atoms with Crippen LogP contribution in [0.1, 0.15) is 23.4 Å². The molecular weight excluding hydrogens is 236 g/mol. The van der Waals surface area contributed by atoms with Gasteiger partial charge in [0.15, 0.2) is 0 Å². The van der Waals surface area contributed by atoms with E-state index >= 15 is 0 Å². The molecule has 1 aromatic heterocycles. The van der Waals surface area contributed by atoms with Crippen LogP contribution in [0.3, 0.4) is 0 Å². The predicted octanol–water partition coefficient (Wildman–Crippen LogP) is 2.72. The van der Waals surface area contributed by atoms with E-state index in [0.717, 1.165) is 30.8 Å². The monoisotopic (exact) mass is 256 g/mol. The third-order valence-corrected chi connectivity index (χ3v) is 3.07. The number of hydrogen-bond acceptors (Lipinski definition) is 4. The Balaban J connectivity index is 1.86. The Hall–Kier alpha value is -2.10. The molecule has 4 heteroatoms. The highest BCUT2D eigenvalue weighted by molar-refractivity contribution is 5.54. The molecule has 1 heterocycles. The fourth-order valence-corrected chi connectivity index (χ4v) is 1.97. The Bertz CT molecular complexity index is 537. The van der Waals surface area contributed by atoms with Crippen LogP contribution in [-0.2, 0) is 6.42 Å². The fourth-order valence-electron chi connectivity index (χ4n) is 1.97. The van der Waals surface area contributed by atoms with Crippen LogP contribution in [0, 0.1) is 13.8 Å². The van der Waals surface area contributed by atoms with Crippen LogP contribution >= 0.6 is 0 Å². The van der Waals surface area contributed by atoms with Gasteiger partial charge in [0.2, 0.25) is 0 Å². The van der Waals surface area contributed by atoms with E-state index in [-0.39, 0.29) is 0 Å². The number of hydrogen-bond donors (Lipinski definition) is 2. The molecule has 4 nitrogen and oxygen atoms in total. The van der Waals surface area contributed by atoms with Crippen LogP contribution in [0.25, 0.3) is 0 Å². The zero-order chi connectivity index (χ0) is 13.7. The number of nitrogens with one attached hydrogen (secondary N) is 1. The second kappa shape index (κ2) is 6.18. The molecule has 0 atom stereocenters. The molecule has 0 saturated carbocycles. The Morgan fingerprint density at radius 2 is 1.84 bits per heavy atom. The number of aromatic nitrogens is 2. The Morgan fingerprint density at radius 3 is 2.58 bits per heavy atom. The van der Waals surface area contributed by atoms with Crippen molar-refractivity contribution < 1.29 is 0 Å². The summed E-state index contributed by atoms with van der Waals surface area (Å²) in [5, 5.41) is 3.33. The van der Waals surface area contributed by atoms with Gasteiger partial charge in [0.05, 0.1) is 0 Å². The van der Waals surface area contributed by atoms with Gasteiger partial charge in [-0.05, 0) is 32.3 Å². The quantitative estimate of drug-likeness (QED) is 0.807. The molecule has 0 aliphatic rings. The van der Waals surface area contributed by atoms with Crippen molar-refractivity contribution >= 4 is 11.6 Å². The average molecular weight is 256 g/mol. The Labute approximate surface area is 114 Å². The summed E-state index contributed by atoms with van der Waals surface area (Å²) in [6.45, 7) is 4.67. The van der Waals surface area contributed by atoms with E-state index in [1.165, 1.54) is 5.56 Å². The molecule has 0 saturated heterocycles. The van der Waals surface area contributed by atoms with Crippen molar-refractivity contribution in [2.45, 2.75) is 26.7 Å². The summed E-state index contributed by atoms with van der Waals surface area (Å²) in [7, 11) is 0. The average Bonchev–Trinajstić information content (AvgIpc) is 2.41. The first-order valence-corrected chi connectivity index (χ1v) is 6.55. The number of aryl methyl sites for hydroxylation is 2. The molecule has 0 amide bonds. The summed E-state index contributed by atoms with van der Waals surface area (Å²) in [4.78, 5) is 8.51. The van der Waals surface area contributed by atoms with Crippen molar-refractivity contribution in [3.05, 3.63) is 47.3 Å². The lowest BCUT2D eigenvalue weighted by Gasteiger charge is -2.10. The number of nitrogens with two attached hydrogens (primary N) is 1. The first kappa shape index (κ1) is 13.3. The predicted molar refractivity (Wildman–Crippen MR) is 79.2 cm³/mol. The maximum Gasteiger partial charge on any atom is 0.134 e. The Kier molecular flexibility index (Phi) is 4.34. The number of nitrogens with zero attached hydrogens (tertiary/aromatic N) is 2. The topological polar surface area (TPSA) is 63.8 Å². The molecule has 1 aromatic carbocycles. The summed E-state index contributed by atoms with van der Waals surface area (Å²) in [5.74, 6) is 2.10. The van der Waals surface area contributed by atoms with Gasteiger partial charge in [-0.15, -0.1) is 0 Å². The van der Waals surface area contributed by atoms with E-state index in [9.17, 15) is 0 Å². The molecule has 100 valence electrons. The van der Waals surface area contributed by atoms with Crippen molar-refractivity contribution in [1.82, 2.24) is 9.97 Å². The highest BCUT2D eigenvalue weighted by Crippen LogP contribution is 2.16. The smallest absolute Gasteiger partial charge is 0.134 e. The molecule has 3 N–H and O–H groups in total. The van der Waals surface area contributed by atoms with Gasteiger partial charge in [-0.25, -0.2) is 9.97 Å². The van der Waals surface area contributed by atoms with Crippen LogP contribution < -0.4 is 11.1 Å². The van der Waals surface area contributed by atoms with Crippen LogP contribution in [-0.4, -0.2) is 16.5 Å². The van der Waals surface area contributed by atoms with E-state index < -0.39 is 0 Å². The second-order valence-electron chi connectivity index (χ2n) is 4.65. The lowest BCUT2D eigenvalue weighted by Crippen LogP contribution is -2.09. The van der Waals surface area contributed by atoms with Gasteiger partial charge in [0, 0.05) is 12.1 Å².